The molecule has 0 aliphatic carbocycles. The summed E-state index contributed by atoms with van der Waals surface area (Å²) in [5.41, 5.74) is 11.3. The van der Waals surface area contributed by atoms with Crippen molar-refractivity contribution < 1.29 is 14.3 Å². The van der Waals surface area contributed by atoms with Gasteiger partial charge in [0.2, 0.25) is 5.91 Å². The monoisotopic (exact) mass is 520 g/mol. The molecule has 4 N–H and O–H groups in total. The minimum Gasteiger partial charge on any atom is -0.493 e. The maximum absolute atomic E-state index is 14.0. The number of carbonyl (C=O) groups excluding carboxylic acids is 1. The number of hydrogen-bond acceptors (Lipinski definition) is 5. The minimum atomic E-state index is -0.657. The summed E-state index contributed by atoms with van der Waals surface area (Å²) >= 11 is 0. The Bertz CT molecular complexity index is 1450. The number of hydrogen-bond donors (Lipinski definition) is 3. The average molecular weight is 521 g/mol. The molecule has 0 spiro atoms. The van der Waals surface area contributed by atoms with Crippen LogP contribution in [-0.4, -0.2) is 30.3 Å². The smallest absolute Gasteiger partial charge is 0.250 e. The third-order valence-corrected chi connectivity index (χ3v) is 6.95. The zero-order chi connectivity index (χ0) is 27.2. The molecule has 0 aromatic heterocycles. The minimum absolute atomic E-state index is 0.00279. The normalized spacial score (nSPS) is 13.2. The molecule has 5 rings (SSSR count). The zero-order valence-electron chi connectivity index (χ0n) is 21.9. The van der Waals surface area contributed by atoms with Crippen LogP contribution in [0.5, 0.6) is 11.5 Å². The Morgan fingerprint density at radius 2 is 1.67 bits per heavy atom. The Morgan fingerprint density at radius 3 is 2.38 bits per heavy atom. The Hall–Kier alpha value is -4.78. The van der Waals surface area contributed by atoms with Crippen molar-refractivity contribution in [2.75, 3.05) is 19.0 Å². The number of amidine groups is 1. The molecule has 0 radical (unpaired) electrons. The predicted octanol–water partition coefficient (Wildman–Crippen LogP) is 5.30. The van der Waals surface area contributed by atoms with E-state index >= 15 is 0 Å². The van der Waals surface area contributed by atoms with Gasteiger partial charge in [-0.05, 0) is 65.1 Å². The van der Waals surface area contributed by atoms with E-state index in [0.717, 1.165) is 23.2 Å². The quantitative estimate of drug-likeness (QED) is 0.206. The van der Waals surface area contributed by atoms with Crippen LogP contribution in [0.2, 0.25) is 0 Å². The number of methoxy groups -OCH3 is 1. The topological polar surface area (TPSA) is 101 Å². The van der Waals surface area contributed by atoms with E-state index in [1.165, 1.54) is 11.1 Å². The van der Waals surface area contributed by atoms with Crippen molar-refractivity contribution in [3.8, 4) is 11.5 Å². The van der Waals surface area contributed by atoms with Crippen molar-refractivity contribution in [1.82, 2.24) is 4.90 Å². The lowest BCUT2D eigenvalue weighted by molar-refractivity contribution is -0.133. The second-order valence-corrected chi connectivity index (χ2v) is 9.53. The number of nitrogens with two attached hydrogens (primary N) is 1. The molecule has 0 saturated carbocycles. The highest BCUT2D eigenvalue weighted by molar-refractivity contribution is 5.95. The summed E-state index contributed by atoms with van der Waals surface area (Å²) in [7, 11) is 1.60. The first-order valence-electron chi connectivity index (χ1n) is 12.9. The fourth-order valence-corrected chi connectivity index (χ4v) is 4.79. The first-order valence-corrected chi connectivity index (χ1v) is 12.9. The second kappa shape index (κ2) is 11.7. The molecule has 1 heterocycles. The number of rotatable bonds is 9. The van der Waals surface area contributed by atoms with Gasteiger partial charge in [-0.2, -0.15) is 0 Å². The zero-order valence-corrected chi connectivity index (χ0v) is 21.9. The first-order chi connectivity index (χ1) is 19.0. The van der Waals surface area contributed by atoms with Gasteiger partial charge >= 0.3 is 0 Å². The fourth-order valence-electron chi connectivity index (χ4n) is 4.79. The molecule has 1 aliphatic heterocycles. The van der Waals surface area contributed by atoms with Gasteiger partial charge in [-0.1, -0.05) is 60.7 Å². The summed E-state index contributed by atoms with van der Waals surface area (Å²) in [5.74, 6) is 1.13. The van der Waals surface area contributed by atoms with Crippen molar-refractivity contribution in [3.63, 3.8) is 0 Å². The number of anilines is 1. The van der Waals surface area contributed by atoms with Crippen LogP contribution in [0.3, 0.4) is 0 Å². The molecule has 1 unspecified atom stereocenters. The van der Waals surface area contributed by atoms with Gasteiger partial charge in [0.15, 0.2) is 11.5 Å². The van der Waals surface area contributed by atoms with E-state index < -0.39 is 6.04 Å². The van der Waals surface area contributed by atoms with Crippen molar-refractivity contribution in [3.05, 3.63) is 125 Å². The number of ether oxygens (including phenoxy) is 2. The summed E-state index contributed by atoms with van der Waals surface area (Å²) in [6.45, 7) is 1.62. The summed E-state index contributed by atoms with van der Waals surface area (Å²) in [5, 5.41) is 11.1. The molecule has 0 bridgehead atoms. The van der Waals surface area contributed by atoms with Crippen molar-refractivity contribution in [2.45, 2.75) is 25.6 Å². The lowest BCUT2D eigenvalue weighted by atomic mass is 9.97. The fraction of sp³-hybridized carbons (Fsp3) is 0.188. The van der Waals surface area contributed by atoms with Crippen LogP contribution in [0.15, 0.2) is 97.1 Å². The number of fused-ring (bicyclic) bond motifs is 1. The number of amides is 1. The molecule has 0 saturated heterocycles. The summed E-state index contributed by atoms with van der Waals surface area (Å²) in [4.78, 5) is 15.9. The van der Waals surface area contributed by atoms with Gasteiger partial charge in [0.25, 0.3) is 0 Å². The summed E-state index contributed by atoms with van der Waals surface area (Å²) < 4.78 is 11.7. The molecule has 1 amide bonds. The van der Waals surface area contributed by atoms with Gasteiger partial charge in [0.05, 0.1) is 7.11 Å². The maximum Gasteiger partial charge on any atom is 0.250 e. The van der Waals surface area contributed by atoms with Crippen LogP contribution in [0.4, 0.5) is 5.69 Å². The number of nitrogens with zero attached hydrogens (tertiary/aromatic N) is 1. The van der Waals surface area contributed by atoms with Gasteiger partial charge in [-0.3, -0.25) is 10.2 Å². The van der Waals surface area contributed by atoms with Crippen LogP contribution in [0, 0.1) is 5.41 Å². The van der Waals surface area contributed by atoms with Crippen LogP contribution >= 0.6 is 0 Å². The van der Waals surface area contributed by atoms with E-state index in [1.54, 1.807) is 19.2 Å². The Balaban J connectivity index is 1.43. The van der Waals surface area contributed by atoms with Gasteiger partial charge in [-0.25, -0.2) is 0 Å². The predicted molar refractivity (Wildman–Crippen MR) is 153 cm³/mol. The summed E-state index contributed by atoms with van der Waals surface area (Å²) in [6, 6.07) is 30.4. The highest BCUT2D eigenvalue weighted by atomic mass is 16.5. The average Bonchev–Trinajstić information content (AvgIpc) is 2.99. The highest BCUT2D eigenvalue weighted by Crippen LogP contribution is 2.34. The van der Waals surface area contributed by atoms with Gasteiger partial charge in [0.1, 0.15) is 18.5 Å². The molecular formula is C32H32N4O3. The molecule has 39 heavy (non-hydrogen) atoms. The largest absolute Gasteiger partial charge is 0.493 e. The van der Waals surface area contributed by atoms with Gasteiger partial charge in [-0.15, -0.1) is 0 Å². The van der Waals surface area contributed by atoms with Crippen LogP contribution in [-0.2, 0) is 24.4 Å². The number of benzene rings is 4. The van der Waals surface area contributed by atoms with E-state index in [9.17, 15) is 4.79 Å². The Morgan fingerprint density at radius 1 is 0.949 bits per heavy atom. The molecule has 4 aromatic rings. The molecule has 1 atom stereocenters. The van der Waals surface area contributed by atoms with Crippen LogP contribution in [0.1, 0.15) is 33.9 Å². The lowest BCUT2D eigenvalue weighted by Gasteiger charge is -2.33. The molecule has 4 aromatic carbocycles. The van der Waals surface area contributed by atoms with Crippen molar-refractivity contribution >= 4 is 17.4 Å². The van der Waals surface area contributed by atoms with E-state index in [0.29, 0.717) is 36.8 Å². The molecule has 198 valence electrons. The third kappa shape index (κ3) is 6.04. The lowest BCUT2D eigenvalue weighted by Crippen LogP contribution is -2.41. The third-order valence-electron chi connectivity index (χ3n) is 6.95. The highest BCUT2D eigenvalue weighted by Gasteiger charge is 2.29. The summed E-state index contributed by atoms with van der Waals surface area (Å²) in [6.07, 6.45) is 0.817. The van der Waals surface area contributed by atoms with Crippen molar-refractivity contribution in [1.29, 1.82) is 5.41 Å². The van der Waals surface area contributed by atoms with E-state index in [1.807, 2.05) is 77.7 Å². The first kappa shape index (κ1) is 25.9. The van der Waals surface area contributed by atoms with E-state index in [2.05, 4.69) is 17.4 Å². The van der Waals surface area contributed by atoms with Crippen LogP contribution in [0.25, 0.3) is 0 Å². The molecular weight excluding hydrogens is 488 g/mol. The SMILES string of the molecule is COc1cc(C(Nc2ccc(C(=N)N)cc2)C(=O)N2CCc3ccccc3C2)ccc1OCc1ccccc1. The van der Waals surface area contributed by atoms with Crippen molar-refractivity contribution in [2.24, 2.45) is 5.73 Å². The standard InChI is InChI=1S/C32H32N4O3/c1-38-29-19-25(13-16-28(29)39-21-22-7-3-2-4-8-22)30(35-27-14-11-24(12-15-27)31(33)34)32(37)36-18-17-23-9-5-6-10-26(23)20-36/h2-16,19,30,35H,17-18,20-21H2,1H3,(H3,33,34). The van der Waals surface area contributed by atoms with E-state index in [4.69, 9.17) is 20.6 Å². The Labute approximate surface area is 228 Å². The Kier molecular flexibility index (Phi) is 7.78. The molecule has 0 fully saturated rings. The number of carbonyl (C=O) groups is 1. The molecule has 1 aliphatic rings. The second-order valence-electron chi connectivity index (χ2n) is 9.53. The number of nitrogen functional groups attached to an aromatic ring is 1. The van der Waals surface area contributed by atoms with Gasteiger partial charge < -0.3 is 25.4 Å². The van der Waals surface area contributed by atoms with E-state index in [-0.39, 0.29) is 11.7 Å². The van der Waals surface area contributed by atoms with Gasteiger partial charge in [0, 0.05) is 24.3 Å². The molecule has 7 nitrogen and oxygen atoms in total. The number of nitrogens with one attached hydrogen (secondary N) is 2. The molecule has 7 heteroatoms. The maximum atomic E-state index is 14.0. The van der Waals surface area contributed by atoms with Crippen LogP contribution < -0.4 is 20.5 Å².